The van der Waals surface area contributed by atoms with Crippen molar-refractivity contribution in [3.63, 3.8) is 0 Å². The van der Waals surface area contributed by atoms with Crippen LogP contribution in [0.1, 0.15) is 6.92 Å². The smallest absolute Gasteiger partial charge is 0.334 e. The largest absolute Gasteiger partial charge is 0.383 e. The topological polar surface area (TPSA) is 32.3 Å². The third-order valence-electron chi connectivity index (χ3n) is 2.22. The van der Waals surface area contributed by atoms with Gasteiger partial charge in [0.1, 0.15) is 0 Å². The SMILES string of the molecule is C[C@@H]1CN(C(=O)C(F)(F)C(F)F)CCN1.Cl. The summed E-state index contributed by atoms with van der Waals surface area (Å²) in [5.41, 5.74) is 0. The van der Waals surface area contributed by atoms with E-state index in [1.54, 1.807) is 6.92 Å². The molecule has 1 fully saturated rings. The van der Waals surface area contributed by atoms with Gasteiger partial charge in [-0.1, -0.05) is 0 Å². The summed E-state index contributed by atoms with van der Waals surface area (Å²) in [6.45, 7) is 2.10. The van der Waals surface area contributed by atoms with E-state index < -0.39 is 18.3 Å². The standard InChI is InChI=1S/C8H12F4N2O.ClH/c1-5-4-14(3-2-13-5)7(15)8(11,12)6(9)10;/h5-6,13H,2-4H2,1H3;1H/t5-;/m1./s1. The minimum absolute atomic E-state index is 0. The highest BCUT2D eigenvalue weighted by Gasteiger charge is 2.51. The highest BCUT2D eigenvalue weighted by molar-refractivity contribution is 5.85. The molecule has 1 atom stereocenters. The maximum atomic E-state index is 12.7. The van der Waals surface area contributed by atoms with Gasteiger partial charge in [-0.3, -0.25) is 4.79 Å². The van der Waals surface area contributed by atoms with E-state index in [0.717, 1.165) is 4.90 Å². The molecule has 0 aromatic rings. The second-order valence-electron chi connectivity index (χ2n) is 3.53. The summed E-state index contributed by atoms with van der Waals surface area (Å²) >= 11 is 0. The third-order valence-corrected chi connectivity index (χ3v) is 2.22. The first-order valence-corrected chi connectivity index (χ1v) is 4.54. The second-order valence-corrected chi connectivity index (χ2v) is 3.53. The van der Waals surface area contributed by atoms with Gasteiger partial charge in [0.15, 0.2) is 0 Å². The summed E-state index contributed by atoms with van der Waals surface area (Å²) < 4.78 is 49.2. The molecule has 0 spiro atoms. The van der Waals surface area contributed by atoms with Gasteiger partial charge in [0.25, 0.3) is 5.91 Å². The normalized spacial score (nSPS) is 21.9. The molecule has 1 saturated heterocycles. The first-order chi connectivity index (χ1) is 6.85. The van der Waals surface area contributed by atoms with Gasteiger partial charge in [0, 0.05) is 25.7 Å². The Hall–Kier alpha value is -0.560. The fraction of sp³-hybridized carbons (Fsp3) is 0.875. The summed E-state index contributed by atoms with van der Waals surface area (Å²) in [5.74, 6) is -6.36. The molecule has 0 unspecified atom stereocenters. The second kappa shape index (κ2) is 5.67. The molecule has 0 saturated carbocycles. The molecule has 0 radical (unpaired) electrons. The lowest BCUT2D eigenvalue weighted by Gasteiger charge is -2.33. The van der Waals surface area contributed by atoms with Gasteiger partial charge in [-0.25, -0.2) is 8.78 Å². The molecule has 0 aromatic heterocycles. The van der Waals surface area contributed by atoms with Crippen LogP contribution >= 0.6 is 12.4 Å². The maximum absolute atomic E-state index is 12.7. The molecule has 0 aliphatic carbocycles. The Kier molecular flexibility index (Phi) is 5.48. The number of carbonyl (C=O) groups is 1. The van der Waals surface area contributed by atoms with Crippen LogP contribution in [0, 0.1) is 0 Å². The van der Waals surface area contributed by atoms with Crippen LogP contribution in [0.5, 0.6) is 0 Å². The van der Waals surface area contributed by atoms with Crippen molar-refractivity contribution in [2.75, 3.05) is 19.6 Å². The summed E-state index contributed by atoms with van der Waals surface area (Å²) in [5, 5.41) is 2.92. The molecule has 1 amide bonds. The van der Waals surface area contributed by atoms with Crippen molar-refractivity contribution in [2.24, 2.45) is 0 Å². The Balaban J connectivity index is 0.00000225. The lowest BCUT2D eigenvalue weighted by molar-refractivity contribution is -0.181. The van der Waals surface area contributed by atoms with Crippen molar-refractivity contribution in [1.29, 1.82) is 0 Å². The molecular formula is C8H13ClF4N2O. The van der Waals surface area contributed by atoms with Gasteiger partial charge >= 0.3 is 12.3 Å². The number of amides is 1. The van der Waals surface area contributed by atoms with E-state index >= 15 is 0 Å². The number of hydrogen-bond acceptors (Lipinski definition) is 2. The minimum atomic E-state index is -4.57. The van der Waals surface area contributed by atoms with E-state index in [9.17, 15) is 22.4 Å². The fourth-order valence-electron chi connectivity index (χ4n) is 1.42. The zero-order valence-corrected chi connectivity index (χ0v) is 9.37. The van der Waals surface area contributed by atoms with Crippen LogP contribution < -0.4 is 5.32 Å². The quantitative estimate of drug-likeness (QED) is 0.759. The molecule has 8 heteroatoms. The number of carbonyl (C=O) groups excluding carboxylic acids is 1. The Morgan fingerprint density at radius 1 is 1.50 bits per heavy atom. The Bertz CT molecular complexity index is 252. The molecule has 1 aliphatic heterocycles. The van der Waals surface area contributed by atoms with Crippen LogP contribution in [0.4, 0.5) is 17.6 Å². The predicted octanol–water partition coefficient (Wildman–Crippen LogP) is 1.13. The van der Waals surface area contributed by atoms with Gasteiger partial charge in [0.2, 0.25) is 0 Å². The van der Waals surface area contributed by atoms with E-state index in [0.29, 0.717) is 6.54 Å². The maximum Gasteiger partial charge on any atom is 0.383 e. The molecular weight excluding hydrogens is 252 g/mol. The predicted molar refractivity (Wildman–Crippen MR) is 52.2 cm³/mol. The number of rotatable bonds is 2. The average molecular weight is 265 g/mol. The minimum Gasteiger partial charge on any atom is -0.334 e. The van der Waals surface area contributed by atoms with Crippen LogP contribution in [0.15, 0.2) is 0 Å². The molecule has 3 nitrogen and oxygen atoms in total. The highest BCUT2D eigenvalue weighted by atomic mass is 35.5. The van der Waals surface area contributed by atoms with Crippen LogP contribution in [0.25, 0.3) is 0 Å². The van der Waals surface area contributed by atoms with Crippen molar-refractivity contribution < 1.29 is 22.4 Å². The monoisotopic (exact) mass is 264 g/mol. The van der Waals surface area contributed by atoms with Crippen LogP contribution in [-0.2, 0) is 4.79 Å². The summed E-state index contributed by atoms with van der Waals surface area (Å²) in [6.07, 6.45) is -3.95. The van der Waals surface area contributed by atoms with Crippen LogP contribution in [-0.4, -0.2) is 48.8 Å². The Morgan fingerprint density at radius 2 is 2.06 bits per heavy atom. The van der Waals surface area contributed by atoms with E-state index in [4.69, 9.17) is 0 Å². The molecule has 1 aliphatic rings. The lowest BCUT2D eigenvalue weighted by Crippen LogP contribution is -2.56. The number of halogens is 5. The van der Waals surface area contributed by atoms with E-state index in [-0.39, 0.29) is 31.5 Å². The third kappa shape index (κ3) is 3.21. The first-order valence-electron chi connectivity index (χ1n) is 4.54. The van der Waals surface area contributed by atoms with Crippen molar-refractivity contribution in [3.8, 4) is 0 Å². The zero-order chi connectivity index (χ0) is 11.6. The average Bonchev–Trinajstić information content (AvgIpc) is 2.16. The number of piperazine rings is 1. The Morgan fingerprint density at radius 3 is 2.50 bits per heavy atom. The molecule has 96 valence electrons. The van der Waals surface area contributed by atoms with Gasteiger partial charge in [-0.05, 0) is 6.92 Å². The van der Waals surface area contributed by atoms with Gasteiger partial charge in [-0.2, -0.15) is 8.78 Å². The fourth-order valence-corrected chi connectivity index (χ4v) is 1.42. The molecule has 1 heterocycles. The van der Waals surface area contributed by atoms with Crippen molar-refractivity contribution in [1.82, 2.24) is 10.2 Å². The summed E-state index contributed by atoms with van der Waals surface area (Å²) in [6, 6.07) is -0.156. The van der Waals surface area contributed by atoms with Crippen LogP contribution in [0.3, 0.4) is 0 Å². The summed E-state index contributed by atoms with van der Waals surface area (Å²) in [4.78, 5) is 11.8. The van der Waals surface area contributed by atoms with Gasteiger partial charge < -0.3 is 10.2 Å². The molecule has 0 aromatic carbocycles. The van der Waals surface area contributed by atoms with Crippen LogP contribution in [0.2, 0.25) is 0 Å². The molecule has 1 rings (SSSR count). The van der Waals surface area contributed by atoms with Crippen molar-refractivity contribution >= 4 is 18.3 Å². The molecule has 1 N–H and O–H groups in total. The number of nitrogens with zero attached hydrogens (tertiary/aromatic N) is 1. The highest BCUT2D eigenvalue weighted by Crippen LogP contribution is 2.25. The number of hydrogen-bond donors (Lipinski definition) is 1. The van der Waals surface area contributed by atoms with Crippen molar-refractivity contribution in [3.05, 3.63) is 0 Å². The van der Waals surface area contributed by atoms with E-state index in [1.807, 2.05) is 0 Å². The number of alkyl halides is 4. The van der Waals surface area contributed by atoms with Gasteiger partial charge in [0.05, 0.1) is 0 Å². The lowest BCUT2D eigenvalue weighted by atomic mass is 10.2. The molecule has 0 bridgehead atoms. The zero-order valence-electron chi connectivity index (χ0n) is 8.55. The number of nitrogens with one attached hydrogen (secondary N) is 1. The van der Waals surface area contributed by atoms with E-state index in [2.05, 4.69) is 5.32 Å². The summed E-state index contributed by atoms with van der Waals surface area (Å²) in [7, 11) is 0. The van der Waals surface area contributed by atoms with E-state index in [1.165, 1.54) is 0 Å². The first kappa shape index (κ1) is 15.4. The van der Waals surface area contributed by atoms with Crippen molar-refractivity contribution in [2.45, 2.75) is 25.3 Å². The molecule has 16 heavy (non-hydrogen) atoms. The Labute approximate surface area is 96.6 Å². The van der Waals surface area contributed by atoms with Gasteiger partial charge in [-0.15, -0.1) is 12.4 Å².